The Hall–Kier alpha value is -4.34. The van der Waals surface area contributed by atoms with Crippen LogP contribution in [0.15, 0.2) is 60.7 Å². The number of sulfone groups is 1. The van der Waals surface area contributed by atoms with Crippen molar-refractivity contribution in [3.8, 4) is 23.0 Å². The van der Waals surface area contributed by atoms with Crippen molar-refractivity contribution in [1.29, 1.82) is 0 Å². The molecule has 1 amide bonds. The van der Waals surface area contributed by atoms with Gasteiger partial charge in [0.2, 0.25) is 5.78 Å². The first-order valence-corrected chi connectivity index (χ1v) is 18.4. The summed E-state index contributed by atoms with van der Waals surface area (Å²) in [5.41, 5.74) is 5.88. The van der Waals surface area contributed by atoms with E-state index in [1.807, 2.05) is 0 Å². The summed E-state index contributed by atoms with van der Waals surface area (Å²) >= 11 is 6.29. The number of aliphatic hydroxyl groups excluding tert-OH is 1. The first-order valence-electron chi connectivity index (χ1n) is 16.0. The van der Waals surface area contributed by atoms with E-state index in [0.29, 0.717) is 29.0 Å². The number of primary amides is 1. The Morgan fingerprint density at radius 1 is 1.04 bits per heavy atom. The number of ether oxygens (including phenoxy) is 1. The Kier molecular flexibility index (Phi) is 11.3. The lowest BCUT2D eigenvalue weighted by Crippen LogP contribution is -2.24. The van der Waals surface area contributed by atoms with Gasteiger partial charge in [0.05, 0.1) is 29.2 Å². The minimum atomic E-state index is -3.74. The number of rotatable bonds is 10. The number of amides is 1. The summed E-state index contributed by atoms with van der Waals surface area (Å²) in [7, 11) is -2.28. The lowest BCUT2D eigenvalue weighted by molar-refractivity contribution is 0.0111. The fourth-order valence-electron chi connectivity index (χ4n) is 6.54. The highest BCUT2D eigenvalue weighted by atomic mass is 35.5. The molecule has 50 heavy (non-hydrogen) atoms. The normalized spacial score (nSPS) is 16.8. The van der Waals surface area contributed by atoms with Gasteiger partial charge < -0.3 is 20.1 Å². The number of hydrogen-bond donors (Lipinski definition) is 2. The van der Waals surface area contributed by atoms with E-state index in [0.717, 1.165) is 31.2 Å². The van der Waals surface area contributed by atoms with E-state index in [2.05, 4.69) is 11.8 Å². The molecule has 262 valence electrons. The summed E-state index contributed by atoms with van der Waals surface area (Å²) in [4.78, 5) is 27.8. The van der Waals surface area contributed by atoms with E-state index in [-0.39, 0.29) is 58.0 Å². The Balaban J connectivity index is 1.63. The van der Waals surface area contributed by atoms with Crippen molar-refractivity contribution in [2.24, 2.45) is 12.8 Å². The number of aromatic nitrogens is 1. The van der Waals surface area contributed by atoms with Crippen LogP contribution in [0, 0.1) is 30.4 Å². The Morgan fingerprint density at radius 2 is 1.70 bits per heavy atom. The van der Waals surface area contributed by atoms with E-state index >= 15 is 8.78 Å². The van der Waals surface area contributed by atoms with Crippen LogP contribution in [0.25, 0.3) is 11.1 Å². The second kappa shape index (κ2) is 15.3. The molecule has 5 rings (SSSR count). The minimum absolute atomic E-state index is 0.0292. The topological polar surface area (TPSA) is 129 Å². The van der Waals surface area contributed by atoms with Crippen LogP contribution in [-0.2, 0) is 21.6 Å². The van der Waals surface area contributed by atoms with Gasteiger partial charge in [-0.25, -0.2) is 17.2 Å². The van der Waals surface area contributed by atoms with Crippen molar-refractivity contribution in [3.05, 3.63) is 117 Å². The standard InChI is InChI=1S/C38H37ClF2N2O6S/c1-22-30(40)17-18-31(41)32(22)33-34(38(42)46)35(29(21-50(3,47)48)25-7-4-8-26(39)20-25)43(2)36(33)37(45)24-11-9-23(10-12-24)6-5-19-49-28-15-13-27(44)14-16-28/h4,7-12,17-18,20,27-29,44H,13-16,19,21H2,1-3H3,(H2,42,46). The number of nitrogens with zero attached hydrogens (tertiary/aromatic N) is 1. The molecule has 3 N–H and O–H groups in total. The van der Waals surface area contributed by atoms with Crippen LogP contribution in [0.1, 0.15) is 80.4 Å². The summed E-state index contributed by atoms with van der Waals surface area (Å²) in [6, 6.07) is 14.5. The van der Waals surface area contributed by atoms with Crippen LogP contribution in [0.2, 0.25) is 5.02 Å². The number of aliphatic hydroxyl groups is 1. The number of hydrogen-bond acceptors (Lipinski definition) is 6. The molecule has 1 aliphatic rings. The van der Waals surface area contributed by atoms with Gasteiger partial charge in [0.25, 0.3) is 5.91 Å². The van der Waals surface area contributed by atoms with Gasteiger partial charge in [-0.15, -0.1) is 0 Å². The average molecular weight is 723 g/mol. The van der Waals surface area contributed by atoms with Crippen molar-refractivity contribution in [2.75, 3.05) is 18.6 Å². The fraction of sp³-hybridized carbons (Fsp3) is 0.316. The van der Waals surface area contributed by atoms with Gasteiger partial charge in [0, 0.05) is 52.2 Å². The van der Waals surface area contributed by atoms with Crippen LogP contribution in [0.5, 0.6) is 0 Å². The molecule has 3 aromatic carbocycles. The maximum atomic E-state index is 15.7. The predicted octanol–water partition coefficient (Wildman–Crippen LogP) is 6.11. The summed E-state index contributed by atoms with van der Waals surface area (Å²) in [5.74, 6) is 0.970. The third kappa shape index (κ3) is 8.16. The van der Waals surface area contributed by atoms with E-state index in [4.69, 9.17) is 22.1 Å². The van der Waals surface area contributed by atoms with Crippen molar-refractivity contribution < 1.29 is 36.6 Å². The maximum Gasteiger partial charge on any atom is 0.251 e. The molecule has 1 heterocycles. The highest BCUT2D eigenvalue weighted by Gasteiger charge is 2.37. The van der Waals surface area contributed by atoms with Crippen molar-refractivity contribution >= 4 is 33.1 Å². The number of carbonyl (C=O) groups is 2. The van der Waals surface area contributed by atoms with Crippen LogP contribution < -0.4 is 5.73 Å². The summed E-state index contributed by atoms with van der Waals surface area (Å²) in [5, 5.41) is 9.97. The number of halogens is 3. The van der Waals surface area contributed by atoms with Crippen LogP contribution >= 0.6 is 11.6 Å². The molecule has 1 saturated carbocycles. The van der Waals surface area contributed by atoms with Crippen molar-refractivity contribution in [1.82, 2.24) is 4.57 Å². The molecule has 1 aliphatic carbocycles. The number of nitrogens with two attached hydrogens (primary N) is 1. The average Bonchev–Trinajstić information content (AvgIpc) is 3.36. The van der Waals surface area contributed by atoms with E-state index < -0.39 is 44.8 Å². The van der Waals surface area contributed by atoms with Crippen LogP contribution in [0.4, 0.5) is 8.78 Å². The number of ketones is 1. The van der Waals surface area contributed by atoms with Crippen molar-refractivity contribution in [2.45, 2.75) is 50.7 Å². The molecule has 1 fully saturated rings. The van der Waals surface area contributed by atoms with Gasteiger partial charge >= 0.3 is 0 Å². The van der Waals surface area contributed by atoms with Gasteiger partial charge in [-0.2, -0.15) is 0 Å². The summed E-state index contributed by atoms with van der Waals surface area (Å²) in [6.45, 7) is 1.52. The maximum absolute atomic E-state index is 15.7. The molecule has 8 nitrogen and oxygen atoms in total. The molecular weight excluding hydrogens is 686 g/mol. The van der Waals surface area contributed by atoms with Crippen LogP contribution in [-0.4, -0.2) is 60.6 Å². The first-order chi connectivity index (χ1) is 23.7. The van der Waals surface area contributed by atoms with E-state index in [9.17, 15) is 23.1 Å². The highest BCUT2D eigenvalue weighted by Crippen LogP contribution is 2.42. The molecule has 0 spiro atoms. The SMILES string of the molecule is Cc1c(F)ccc(F)c1-c1c(C(N)=O)c(C(CS(C)(=O)=O)c2cccc(Cl)c2)n(C)c1C(=O)c1ccc(C#CCOC2CCC(O)CC2)cc1. The Morgan fingerprint density at radius 3 is 2.32 bits per heavy atom. The lowest BCUT2D eigenvalue weighted by Gasteiger charge is -2.24. The van der Waals surface area contributed by atoms with E-state index in [1.54, 1.807) is 30.3 Å². The van der Waals surface area contributed by atoms with Crippen LogP contribution in [0.3, 0.4) is 0 Å². The predicted molar refractivity (Wildman–Crippen MR) is 188 cm³/mol. The molecular formula is C38H37ClF2N2O6S. The molecule has 1 aromatic heterocycles. The minimum Gasteiger partial charge on any atom is -0.393 e. The molecule has 4 aromatic rings. The lowest BCUT2D eigenvalue weighted by atomic mass is 9.89. The quantitative estimate of drug-likeness (QED) is 0.150. The zero-order valence-corrected chi connectivity index (χ0v) is 29.4. The molecule has 0 radical (unpaired) electrons. The Bertz CT molecular complexity index is 2110. The summed E-state index contributed by atoms with van der Waals surface area (Å²) < 4.78 is 63.5. The molecule has 1 unspecified atom stereocenters. The third-order valence-electron chi connectivity index (χ3n) is 8.96. The molecule has 0 bridgehead atoms. The van der Waals surface area contributed by atoms with Crippen molar-refractivity contribution in [3.63, 3.8) is 0 Å². The van der Waals surface area contributed by atoms with E-state index in [1.165, 1.54) is 36.7 Å². The van der Waals surface area contributed by atoms with Gasteiger partial charge in [-0.05, 0) is 92.3 Å². The highest BCUT2D eigenvalue weighted by molar-refractivity contribution is 7.90. The third-order valence-corrected chi connectivity index (χ3v) is 10.1. The monoisotopic (exact) mass is 722 g/mol. The van der Waals surface area contributed by atoms with Gasteiger partial charge in [-0.1, -0.05) is 35.6 Å². The first kappa shape index (κ1) is 36.9. The second-order valence-corrected chi connectivity index (χ2v) is 15.2. The fourth-order valence-corrected chi connectivity index (χ4v) is 7.69. The zero-order chi connectivity index (χ0) is 36.3. The molecule has 12 heteroatoms. The van der Waals surface area contributed by atoms with Gasteiger partial charge in [0.15, 0.2) is 0 Å². The Labute approximate surface area is 295 Å². The van der Waals surface area contributed by atoms with Gasteiger partial charge in [-0.3, -0.25) is 9.59 Å². The summed E-state index contributed by atoms with van der Waals surface area (Å²) in [6.07, 6.45) is 3.73. The zero-order valence-electron chi connectivity index (χ0n) is 27.8. The second-order valence-electron chi connectivity index (χ2n) is 12.6. The number of carbonyl (C=O) groups excluding carboxylic acids is 2. The molecule has 0 aliphatic heterocycles. The number of benzene rings is 3. The molecule has 0 saturated heterocycles. The molecule has 1 atom stereocenters. The smallest absolute Gasteiger partial charge is 0.251 e. The largest absolute Gasteiger partial charge is 0.393 e. The van der Waals surface area contributed by atoms with Gasteiger partial charge in [0.1, 0.15) is 28.1 Å².